The minimum atomic E-state index is -0.436. The first-order valence-electron chi connectivity index (χ1n) is 8.99. The van der Waals surface area contributed by atoms with Gasteiger partial charge >= 0.3 is 0 Å². The molecule has 2 aromatic rings. The Morgan fingerprint density at radius 1 is 1.11 bits per heavy atom. The van der Waals surface area contributed by atoms with Crippen molar-refractivity contribution in [2.45, 2.75) is 13.0 Å². The molecule has 3 rings (SSSR count). The summed E-state index contributed by atoms with van der Waals surface area (Å²) < 4.78 is 5.28. The molecule has 1 saturated heterocycles. The van der Waals surface area contributed by atoms with Crippen LogP contribution >= 0.6 is 0 Å². The largest absolute Gasteiger partial charge is 0.497 e. The van der Waals surface area contributed by atoms with Gasteiger partial charge in [0.15, 0.2) is 0 Å². The molecule has 6 nitrogen and oxygen atoms in total. The maximum absolute atomic E-state index is 12.9. The van der Waals surface area contributed by atoms with Gasteiger partial charge in [-0.25, -0.2) is 0 Å². The molecule has 3 N–H and O–H groups in total. The van der Waals surface area contributed by atoms with Crippen molar-refractivity contribution in [3.63, 3.8) is 0 Å². The van der Waals surface area contributed by atoms with Crippen LogP contribution in [0.25, 0.3) is 0 Å². The lowest BCUT2D eigenvalue weighted by Gasteiger charge is -2.41. The van der Waals surface area contributed by atoms with Crippen LogP contribution in [-0.4, -0.2) is 39.1 Å². The number of nitrogens with one attached hydrogen (secondary N) is 3. The third-order valence-corrected chi connectivity index (χ3v) is 4.98. The minimum absolute atomic E-state index is 0.0412. The summed E-state index contributed by atoms with van der Waals surface area (Å²) in [5.74, 6) is 0.717. The van der Waals surface area contributed by atoms with Crippen LogP contribution in [-0.2, 0) is 17.8 Å². The maximum Gasteiger partial charge on any atom is 0.251 e. The first kappa shape index (κ1) is 18.9. The van der Waals surface area contributed by atoms with E-state index in [0.717, 1.165) is 16.9 Å². The molecule has 27 heavy (non-hydrogen) atoms. The summed E-state index contributed by atoms with van der Waals surface area (Å²) in [5.41, 5.74) is 2.21. The maximum atomic E-state index is 12.9. The van der Waals surface area contributed by atoms with E-state index in [9.17, 15) is 9.59 Å². The van der Waals surface area contributed by atoms with E-state index < -0.39 is 5.41 Å². The predicted molar refractivity (Wildman–Crippen MR) is 104 cm³/mol. The Morgan fingerprint density at radius 2 is 1.85 bits per heavy atom. The second kappa shape index (κ2) is 8.22. The highest BCUT2D eigenvalue weighted by molar-refractivity contribution is 5.94. The third-order valence-electron chi connectivity index (χ3n) is 4.98. The Kier molecular flexibility index (Phi) is 5.76. The molecule has 1 aliphatic heterocycles. The van der Waals surface area contributed by atoms with Gasteiger partial charge in [-0.3, -0.25) is 9.59 Å². The van der Waals surface area contributed by atoms with Gasteiger partial charge < -0.3 is 20.7 Å². The van der Waals surface area contributed by atoms with Gasteiger partial charge in [0.2, 0.25) is 5.91 Å². The molecule has 0 aromatic heterocycles. The van der Waals surface area contributed by atoms with Gasteiger partial charge in [-0.2, -0.15) is 0 Å². The number of methoxy groups -OCH3 is 1. The Bertz CT molecular complexity index is 814. The molecule has 0 atom stereocenters. The summed E-state index contributed by atoms with van der Waals surface area (Å²) in [6.45, 7) is 1.75. The fourth-order valence-corrected chi connectivity index (χ4v) is 3.25. The van der Waals surface area contributed by atoms with E-state index >= 15 is 0 Å². The van der Waals surface area contributed by atoms with Crippen molar-refractivity contribution in [3.8, 4) is 5.75 Å². The average molecular weight is 367 g/mol. The molecule has 0 unspecified atom stereocenters. The van der Waals surface area contributed by atoms with Crippen molar-refractivity contribution in [1.82, 2.24) is 16.0 Å². The van der Waals surface area contributed by atoms with Crippen molar-refractivity contribution in [1.29, 1.82) is 0 Å². The monoisotopic (exact) mass is 367 g/mol. The Balaban J connectivity index is 1.62. The summed E-state index contributed by atoms with van der Waals surface area (Å²) in [5, 5.41) is 8.86. The van der Waals surface area contributed by atoms with Crippen molar-refractivity contribution in [3.05, 3.63) is 65.2 Å². The zero-order valence-corrected chi connectivity index (χ0v) is 15.7. The molecule has 1 aliphatic rings. The second-order valence-corrected chi connectivity index (χ2v) is 6.87. The average Bonchev–Trinajstić information content (AvgIpc) is 2.68. The number of ether oxygens (including phenoxy) is 1. The molecule has 0 aliphatic carbocycles. The van der Waals surface area contributed by atoms with Gasteiger partial charge in [-0.05, 0) is 41.8 Å². The van der Waals surface area contributed by atoms with Gasteiger partial charge in [0, 0.05) is 32.2 Å². The number of carbonyl (C=O) groups excluding carboxylic acids is 2. The lowest BCUT2D eigenvalue weighted by molar-refractivity contribution is -0.134. The minimum Gasteiger partial charge on any atom is -0.497 e. The molecule has 2 amide bonds. The second-order valence-electron chi connectivity index (χ2n) is 6.87. The first-order chi connectivity index (χ1) is 13.1. The molecule has 0 spiro atoms. The normalized spacial score (nSPS) is 14.7. The summed E-state index contributed by atoms with van der Waals surface area (Å²) in [7, 11) is 3.24. The third kappa shape index (κ3) is 4.28. The van der Waals surface area contributed by atoms with Crippen LogP contribution in [0.5, 0.6) is 5.75 Å². The standard InChI is InChI=1S/C21H25N3O3/c1-22-19(25)17-8-6-15(7-9-17)12-24-20(26)21(13-23-14-21)11-16-4-3-5-18(10-16)27-2/h3-10,23H,11-14H2,1-2H3,(H,22,25)(H,24,26). The Hall–Kier alpha value is -2.86. The summed E-state index contributed by atoms with van der Waals surface area (Å²) in [4.78, 5) is 24.4. The molecule has 0 saturated carbocycles. The highest BCUT2D eigenvalue weighted by Gasteiger charge is 2.44. The van der Waals surface area contributed by atoms with Crippen molar-refractivity contribution in [2.75, 3.05) is 27.2 Å². The molecule has 0 radical (unpaired) electrons. The van der Waals surface area contributed by atoms with Crippen LogP contribution in [0.2, 0.25) is 0 Å². The van der Waals surface area contributed by atoms with Crippen molar-refractivity contribution >= 4 is 11.8 Å². The molecule has 0 bridgehead atoms. The number of amides is 2. The molecule has 1 heterocycles. The van der Waals surface area contributed by atoms with Crippen LogP contribution in [0.15, 0.2) is 48.5 Å². The Morgan fingerprint density at radius 3 is 2.44 bits per heavy atom. The van der Waals surface area contributed by atoms with E-state index in [1.807, 2.05) is 36.4 Å². The van der Waals surface area contributed by atoms with E-state index in [1.54, 1.807) is 26.3 Å². The van der Waals surface area contributed by atoms with E-state index in [-0.39, 0.29) is 11.8 Å². The zero-order valence-electron chi connectivity index (χ0n) is 15.7. The van der Waals surface area contributed by atoms with Gasteiger partial charge in [-0.1, -0.05) is 24.3 Å². The lowest BCUT2D eigenvalue weighted by Crippen LogP contribution is -2.62. The van der Waals surface area contributed by atoms with Crippen LogP contribution in [0.3, 0.4) is 0 Å². The molecule has 1 fully saturated rings. The molecule has 2 aromatic carbocycles. The fourth-order valence-electron chi connectivity index (χ4n) is 3.25. The van der Waals surface area contributed by atoms with Crippen LogP contribution in [0.4, 0.5) is 0 Å². The lowest BCUT2D eigenvalue weighted by atomic mass is 9.75. The fraction of sp³-hybridized carbons (Fsp3) is 0.333. The first-order valence-corrected chi connectivity index (χ1v) is 8.99. The van der Waals surface area contributed by atoms with Gasteiger partial charge in [0.05, 0.1) is 12.5 Å². The summed E-state index contributed by atoms with van der Waals surface area (Å²) in [6.07, 6.45) is 0.665. The van der Waals surface area contributed by atoms with E-state index in [0.29, 0.717) is 31.6 Å². The topological polar surface area (TPSA) is 79.5 Å². The molecule has 142 valence electrons. The van der Waals surface area contributed by atoms with Crippen molar-refractivity contribution < 1.29 is 14.3 Å². The van der Waals surface area contributed by atoms with E-state index in [4.69, 9.17) is 4.74 Å². The Labute approximate surface area is 159 Å². The summed E-state index contributed by atoms with van der Waals surface area (Å²) in [6, 6.07) is 15.1. The van der Waals surface area contributed by atoms with Gasteiger partial charge in [0.25, 0.3) is 5.91 Å². The quantitative estimate of drug-likeness (QED) is 0.693. The van der Waals surface area contributed by atoms with E-state index in [1.165, 1.54) is 0 Å². The van der Waals surface area contributed by atoms with Crippen LogP contribution in [0.1, 0.15) is 21.5 Å². The molecular weight excluding hydrogens is 342 g/mol. The molecule has 6 heteroatoms. The summed E-state index contributed by atoms with van der Waals surface area (Å²) >= 11 is 0. The number of hydrogen-bond donors (Lipinski definition) is 3. The van der Waals surface area contributed by atoms with Crippen molar-refractivity contribution in [2.24, 2.45) is 5.41 Å². The highest BCUT2D eigenvalue weighted by Crippen LogP contribution is 2.29. The van der Waals surface area contributed by atoms with Gasteiger partial charge in [-0.15, -0.1) is 0 Å². The smallest absolute Gasteiger partial charge is 0.251 e. The SMILES string of the molecule is CNC(=O)c1ccc(CNC(=O)C2(Cc3cccc(OC)c3)CNC2)cc1. The van der Waals surface area contributed by atoms with Crippen LogP contribution < -0.4 is 20.7 Å². The number of benzene rings is 2. The number of hydrogen-bond acceptors (Lipinski definition) is 4. The van der Waals surface area contributed by atoms with Gasteiger partial charge in [0.1, 0.15) is 5.75 Å². The molecular formula is C21H25N3O3. The number of rotatable bonds is 7. The van der Waals surface area contributed by atoms with E-state index in [2.05, 4.69) is 16.0 Å². The number of carbonyl (C=O) groups is 2. The zero-order chi connectivity index (χ0) is 19.3. The highest BCUT2D eigenvalue weighted by atomic mass is 16.5. The van der Waals surface area contributed by atoms with Crippen LogP contribution in [0, 0.1) is 5.41 Å². The predicted octanol–water partition coefficient (Wildman–Crippen LogP) is 1.50.